The number of carbonyl (C=O) groups excluding carboxylic acids is 1. The Morgan fingerprint density at radius 1 is 1.29 bits per heavy atom. The normalized spacial score (nSPS) is 16.7. The quantitative estimate of drug-likeness (QED) is 0.856. The first-order valence-corrected chi connectivity index (χ1v) is 7.98. The van der Waals surface area contributed by atoms with Crippen LogP contribution in [0.25, 0.3) is 0 Å². The Hall–Kier alpha value is -2.38. The number of aromatic amines is 1. The summed E-state index contributed by atoms with van der Waals surface area (Å²) in [7, 11) is 0. The molecule has 24 heavy (non-hydrogen) atoms. The van der Waals surface area contributed by atoms with Gasteiger partial charge in [-0.2, -0.15) is 0 Å². The molecule has 0 saturated carbocycles. The molecule has 1 aliphatic rings. The zero-order chi connectivity index (χ0) is 16.9. The van der Waals surface area contributed by atoms with Crippen molar-refractivity contribution < 1.29 is 13.9 Å². The van der Waals surface area contributed by atoms with E-state index >= 15 is 0 Å². The summed E-state index contributed by atoms with van der Waals surface area (Å²) in [6.07, 6.45) is 1.42. The van der Waals surface area contributed by atoms with E-state index in [9.17, 15) is 9.59 Å². The fourth-order valence-corrected chi connectivity index (χ4v) is 2.77. The fourth-order valence-electron chi connectivity index (χ4n) is 2.77. The van der Waals surface area contributed by atoms with Crippen LogP contribution >= 0.6 is 0 Å². The van der Waals surface area contributed by atoms with Crippen LogP contribution in [0.3, 0.4) is 0 Å². The number of hydrogen-bond donors (Lipinski definition) is 2. The number of furan rings is 1. The monoisotopic (exact) mass is 331 g/mol. The third kappa shape index (κ3) is 3.93. The number of ether oxygens (including phenoxy) is 1. The van der Waals surface area contributed by atoms with Gasteiger partial charge in [-0.25, -0.2) is 0 Å². The third-order valence-corrected chi connectivity index (χ3v) is 4.08. The molecular formula is C17H21N3O4. The second-order valence-electron chi connectivity index (χ2n) is 5.76. The topological polar surface area (TPSA) is 87.6 Å². The second-order valence-corrected chi connectivity index (χ2v) is 5.76. The van der Waals surface area contributed by atoms with Crippen LogP contribution in [0, 0.1) is 6.92 Å². The molecule has 1 amide bonds. The molecule has 3 rings (SSSR count). The number of aromatic nitrogens is 1. The maximum atomic E-state index is 12.3. The molecule has 0 unspecified atom stereocenters. The number of pyridine rings is 1. The van der Waals surface area contributed by atoms with Gasteiger partial charge in [0.1, 0.15) is 11.5 Å². The van der Waals surface area contributed by atoms with Crippen molar-refractivity contribution in [3.63, 3.8) is 0 Å². The van der Waals surface area contributed by atoms with E-state index in [0.29, 0.717) is 25.3 Å². The van der Waals surface area contributed by atoms with Crippen LogP contribution < -0.4 is 10.9 Å². The lowest BCUT2D eigenvalue weighted by Crippen LogP contribution is -2.43. The Morgan fingerprint density at radius 2 is 2.08 bits per heavy atom. The summed E-state index contributed by atoms with van der Waals surface area (Å²) in [5.74, 6) is 1.44. The molecule has 1 fully saturated rings. The van der Waals surface area contributed by atoms with E-state index < -0.39 is 0 Å². The van der Waals surface area contributed by atoms with Gasteiger partial charge in [-0.3, -0.25) is 14.5 Å². The predicted octanol–water partition coefficient (Wildman–Crippen LogP) is 1.08. The molecule has 0 spiro atoms. The van der Waals surface area contributed by atoms with Gasteiger partial charge in [0.15, 0.2) is 0 Å². The number of morpholine rings is 1. The second kappa shape index (κ2) is 7.46. The van der Waals surface area contributed by atoms with Crippen LogP contribution in [0.1, 0.15) is 27.9 Å². The van der Waals surface area contributed by atoms with Crippen molar-refractivity contribution in [2.24, 2.45) is 0 Å². The zero-order valence-corrected chi connectivity index (χ0v) is 13.6. The third-order valence-electron chi connectivity index (χ3n) is 4.08. The lowest BCUT2D eigenvalue weighted by Gasteiger charge is -2.33. The average molecular weight is 331 g/mol. The van der Waals surface area contributed by atoms with Gasteiger partial charge in [0.05, 0.1) is 24.8 Å². The van der Waals surface area contributed by atoms with Gasteiger partial charge in [0.25, 0.3) is 5.91 Å². The Bertz CT molecular complexity index is 726. The van der Waals surface area contributed by atoms with Gasteiger partial charge < -0.3 is 19.5 Å². The number of aryl methyl sites for hydroxylation is 1. The Labute approximate surface area is 139 Å². The molecule has 1 saturated heterocycles. The summed E-state index contributed by atoms with van der Waals surface area (Å²) in [4.78, 5) is 28.1. The van der Waals surface area contributed by atoms with E-state index in [1.54, 1.807) is 0 Å². The maximum Gasteiger partial charge on any atom is 0.252 e. The minimum atomic E-state index is -0.233. The molecule has 2 aromatic heterocycles. The van der Waals surface area contributed by atoms with Gasteiger partial charge in [-0.05, 0) is 25.1 Å². The minimum Gasteiger partial charge on any atom is -0.465 e. The summed E-state index contributed by atoms with van der Waals surface area (Å²) in [5, 5.41) is 2.92. The van der Waals surface area contributed by atoms with Crippen molar-refractivity contribution in [1.29, 1.82) is 0 Å². The molecule has 2 aromatic rings. The van der Waals surface area contributed by atoms with E-state index in [-0.39, 0.29) is 17.5 Å². The molecule has 3 heterocycles. The molecule has 0 aliphatic carbocycles. The van der Waals surface area contributed by atoms with E-state index in [1.807, 2.05) is 19.1 Å². The van der Waals surface area contributed by atoms with Crippen molar-refractivity contribution in [2.75, 3.05) is 32.8 Å². The van der Waals surface area contributed by atoms with Gasteiger partial charge in [0, 0.05) is 31.9 Å². The highest BCUT2D eigenvalue weighted by Gasteiger charge is 2.25. The number of carbonyl (C=O) groups is 1. The molecule has 0 aromatic carbocycles. The van der Waals surface area contributed by atoms with E-state index in [1.165, 1.54) is 18.3 Å². The van der Waals surface area contributed by atoms with E-state index in [0.717, 1.165) is 24.6 Å². The molecule has 1 atom stereocenters. The molecule has 0 bridgehead atoms. The van der Waals surface area contributed by atoms with Crippen molar-refractivity contribution >= 4 is 5.91 Å². The lowest BCUT2D eigenvalue weighted by atomic mass is 10.1. The van der Waals surface area contributed by atoms with Crippen LogP contribution in [0.5, 0.6) is 0 Å². The molecule has 7 heteroatoms. The number of amides is 1. The molecule has 2 N–H and O–H groups in total. The number of nitrogens with one attached hydrogen (secondary N) is 2. The molecule has 7 nitrogen and oxygen atoms in total. The van der Waals surface area contributed by atoms with Gasteiger partial charge >= 0.3 is 0 Å². The zero-order valence-electron chi connectivity index (χ0n) is 13.6. The molecular weight excluding hydrogens is 310 g/mol. The number of nitrogens with zero attached hydrogens (tertiary/aromatic N) is 1. The van der Waals surface area contributed by atoms with Crippen LogP contribution in [0.4, 0.5) is 0 Å². The Kier molecular flexibility index (Phi) is 5.12. The first kappa shape index (κ1) is 16.5. The largest absolute Gasteiger partial charge is 0.465 e. The van der Waals surface area contributed by atoms with E-state index in [2.05, 4.69) is 15.2 Å². The van der Waals surface area contributed by atoms with Crippen molar-refractivity contribution in [3.05, 3.63) is 57.9 Å². The van der Waals surface area contributed by atoms with Crippen LogP contribution in [-0.4, -0.2) is 48.6 Å². The molecule has 128 valence electrons. The Balaban J connectivity index is 1.70. The molecule has 0 radical (unpaired) electrons. The smallest absolute Gasteiger partial charge is 0.252 e. The predicted molar refractivity (Wildman–Crippen MR) is 88.0 cm³/mol. The van der Waals surface area contributed by atoms with Crippen LogP contribution in [0.2, 0.25) is 0 Å². The minimum absolute atomic E-state index is 0.0469. The summed E-state index contributed by atoms with van der Waals surface area (Å²) in [6, 6.07) is 6.67. The summed E-state index contributed by atoms with van der Waals surface area (Å²) in [5.41, 5.74) is 0.190. The SMILES string of the molecule is Cc1ccc([C@H](CNC(=O)c2ccc(=O)[nH]c2)N2CCOCC2)o1. The Morgan fingerprint density at radius 3 is 2.71 bits per heavy atom. The summed E-state index contributed by atoms with van der Waals surface area (Å²) >= 11 is 0. The van der Waals surface area contributed by atoms with Gasteiger partial charge in [0.2, 0.25) is 5.56 Å². The highest BCUT2D eigenvalue weighted by atomic mass is 16.5. The first-order chi connectivity index (χ1) is 11.6. The van der Waals surface area contributed by atoms with Crippen molar-refractivity contribution in [3.8, 4) is 0 Å². The van der Waals surface area contributed by atoms with E-state index in [4.69, 9.17) is 9.15 Å². The summed E-state index contributed by atoms with van der Waals surface area (Å²) in [6.45, 7) is 5.25. The summed E-state index contributed by atoms with van der Waals surface area (Å²) < 4.78 is 11.2. The highest BCUT2D eigenvalue weighted by molar-refractivity contribution is 5.93. The van der Waals surface area contributed by atoms with Gasteiger partial charge in [-0.15, -0.1) is 0 Å². The standard InChI is InChI=1S/C17H21N3O4/c1-12-2-4-15(24-12)14(20-6-8-23-9-7-20)11-19-17(22)13-3-5-16(21)18-10-13/h2-5,10,14H,6-9,11H2,1H3,(H,18,21)(H,19,22)/t14-/m0/s1. The van der Waals surface area contributed by atoms with Crippen LogP contribution in [-0.2, 0) is 4.74 Å². The number of rotatable bonds is 5. The maximum absolute atomic E-state index is 12.3. The number of H-pyrrole nitrogens is 1. The lowest BCUT2D eigenvalue weighted by molar-refractivity contribution is 0.0117. The van der Waals surface area contributed by atoms with Gasteiger partial charge in [-0.1, -0.05) is 0 Å². The van der Waals surface area contributed by atoms with Crippen molar-refractivity contribution in [1.82, 2.24) is 15.2 Å². The highest BCUT2D eigenvalue weighted by Crippen LogP contribution is 2.23. The number of hydrogen-bond acceptors (Lipinski definition) is 5. The fraction of sp³-hybridized carbons (Fsp3) is 0.412. The first-order valence-electron chi connectivity index (χ1n) is 7.98. The van der Waals surface area contributed by atoms with Crippen LogP contribution in [0.15, 0.2) is 39.7 Å². The van der Waals surface area contributed by atoms with Crippen molar-refractivity contribution in [2.45, 2.75) is 13.0 Å². The molecule has 1 aliphatic heterocycles. The average Bonchev–Trinajstić information content (AvgIpc) is 3.02.